The summed E-state index contributed by atoms with van der Waals surface area (Å²) in [7, 11) is 2.21. The second kappa shape index (κ2) is 3.14. The molecule has 3 aliphatic rings. The van der Waals surface area contributed by atoms with Crippen LogP contribution in [0.2, 0.25) is 0 Å². The van der Waals surface area contributed by atoms with Crippen LogP contribution in [0.15, 0.2) is 24.3 Å². The van der Waals surface area contributed by atoms with Gasteiger partial charge in [0.1, 0.15) is 5.75 Å². The molecule has 3 heterocycles. The maximum absolute atomic E-state index is 9.44. The fraction of sp³-hybridized carbons (Fsp3) is 0.500. The highest BCUT2D eigenvalue weighted by atomic mass is 16.3. The molecule has 4 rings (SSSR count). The van der Waals surface area contributed by atoms with E-state index >= 15 is 0 Å². The number of hydrogen-bond donors (Lipinski definition) is 1. The van der Waals surface area contributed by atoms with Crippen LogP contribution in [0.25, 0.3) is 0 Å². The summed E-state index contributed by atoms with van der Waals surface area (Å²) in [5.41, 5.74) is 1.15. The molecule has 1 N–H and O–H groups in total. The van der Waals surface area contributed by atoms with Crippen LogP contribution in [0, 0.1) is 0 Å². The zero-order valence-electron chi connectivity index (χ0n) is 8.93. The van der Waals surface area contributed by atoms with Crippen LogP contribution in [0.1, 0.15) is 6.42 Å². The Balaban J connectivity index is 1.79. The summed E-state index contributed by atoms with van der Waals surface area (Å²) in [5.74, 6) is 0.361. The van der Waals surface area contributed by atoms with Crippen LogP contribution in [0.5, 0.6) is 5.75 Å². The molecule has 0 amide bonds. The van der Waals surface area contributed by atoms with Gasteiger partial charge >= 0.3 is 0 Å². The molecule has 1 aromatic rings. The molecule has 15 heavy (non-hydrogen) atoms. The first-order chi connectivity index (χ1) is 7.24. The molecular formula is C12H16N2O. The van der Waals surface area contributed by atoms with Gasteiger partial charge in [0.05, 0.1) is 0 Å². The minimum absolute atomic E-state index is 0.361. The lowest BCUT2D eigenvalue weighted by molar-refractivity contribution is 0.0264. The monoisotopic (exact) mass is 204 g/mol. The topological polar surface area (TPSA) is 26.7 Å². The van der Waals surface area contributed by atoms with Crippen molar-refractivity contribution in [3.8, 4) is 5.75 Å². The number of hydrogen-bond acceptors (Lipinski definition) is 3. The summed E-state index contributed by atoms with van der Waals surface area (Å²) >= 11 is 0. The van der Waals surface area contributed by atoms with E-state index in [1.54, 1.807) is 6.07 Å². The van der Waals surface area contributed by atoms with Crippen molar-refractivity contribution < 1.29 is 5.11 Å². The molecule has 0 spiro atoms. The van der Waals surface area contributed by atoms with E-state index in [1.807, 2.05) is 12.1 Å². The first-order valence-electron chi connectivity index (χ1n) is 5.50. The van der Waals surface area contributed by atoms with Crippen molar-refractivity contribution in [2.75, 3.05) is 25.0 Å². The van der Waals surface area contributed by atoms with Crippen molar-refractivity contribution in [1.82, 2.24) is 4.90 Å². The zero-order valence-corrected chi connectivity index (χ0v) is 8.93. The third-order valence-electron chi connectivity index (χ3n) is 3.75. The number of piperidine rings is 1. The normalized spacial score (nSPS) is 30.1. The minimum atomic E-state index is 0.361. The fourth-order valence-electron chi connectivity index (χ4n) is 2.70. The van der Waals surface area contributed by atoms with E-state index in [2.05, 4.69) is 22.9 Å². The van der Waals surface area contributed by atoms with E-state index in [-0.39, 0.29) is 0 Å². The number of piperazine rings is 1. The van der Waals surface area contributed by atoms with E-state index < -0.39 is 0 Å². The number of phenols is 1. The molecule has 80 valence electrons. The van der Waals surface area contributed by atoms with Crippen LogP contribution >= 0.6 is 0 Å². The lowest BCUT2D eigenvalue weighted by atomic mass is 9.88. The van der Waals surface area contributed by atoms with E-state index in [0.717, 1.165) is 18.8 Å². The maximum atomic E-state index is 9.44. The van der Waals surface area contributed by atoms with Crippen LogP contribution in [0.3, 0.4) is 0 Å². The van der Waals surface area contributed by atoms with Gasteiger partial charge in [0.25, 0.3) is 0 Å². The molecule has 1 aromatic carbocycles. The van der Waals surface area contributed by atoms with Gasteiger partial charge in [0.15, 0.2) is 0 Å². The van der Waals surface area contributed by atoms with Crippen LogP contribution in [-0.4, -0.2) is 42.2 Å². The molecule has 3 fully saturated rings. The quantitative estimate of drug-likeness (QED) is 0.746. The number of aromatic hydroxyl groups is 1. The highest BCUT2D eigenvalue weighted by Gasteiger charge is 2.41. The van der Waals surface area contributed by atoms with Gasteiger partial charge in [0, 0.05) is 36.9 Å². The van der Waals surface area contributed by atoms with Gasteiger partial charge in [-0.05, 0) is 25.6 Å². The summed E-state index contributed by atoms with van der Waals surface area (Å²) in [6.07, 6.45) is 1.34. The number of likely N-dealkylation sites (N-methyl/N-ethyl adjacent to an activating group) is 1. The van der Waals surface area contributed by atoms with Gasteiger partial charge in [-0.25, -0.2) is 0 Å². The van der Waals surface area contributed by atoms with Crippen molar-refractivity contribution in [3.63, 3.8) is 0 Å². The Kier molecular flexibility index (Phi) is 1.89. The highest BCUT2D eigenvalue weighted by molar-refractivity contribution is 5.51. The van der Waals surface area contributed by atoms with Crippen molar-refractivity contribution in [1.29, 1.82) is 0 Å². The van der Waals surface area contributed by atoms with Crippen LogP contribution in [0.4, 0.5) is 5.69 Å². The molecule has 2 unspecified atom stereocenters. The number of anilines is 1. The number of nitrogens with zero attached hydrogens (tertiary/aromatic N) is 2. The second-order valence-electron chi connectivity index (χ2n) is 4.63. The predicted molar refractivity (Wildman–Crippen MR) is 60.3 cm³/mol. The predicted octanol–water partition coefficient (Wildman–Crippen LogP) is 1.28. The Morgan fingerprint density at radius 3 is 2.60 bits per heavy atom. The first-order valence-corrected chi connectivity index (χ1v) is 5.50. The summed E-state index contributed by atoms with van der Waals surface area (Å²) in [5, 5.41) is 9.44. The smallest absolute Gasteiger partial charge is 0.117 e. The van der Waals surface area contributed by atoms with Crippen molar-refractivity contribution in [3.05, 3.63) is 24.3 Å². The van der Waals surface area contributed by atoms with E-state index in [4.69, 9.17) is 0 Å². The summed E-state index contributed by atoms with van der Waals surface area (Å²) in [6.45, 7) is 2.19. The van der Waals surface area contributed by atoms with Crippen molar-refractivity contribution in [2.45, 2.75) is 18.5 Å². The minimum Gasteiger partial charge on any atom is -0.508 e. The lowest BCUT2D eigenvalue weighted by Gasteiger charge is -2.55. The maximum Gasteiger partial charge on any atom is 0.117 e. The zero-order chi connectivity index (χ0) is 10.4. The van der Waals surface area contributed by atoms with Gasteiger partial charge in [-0.2, -0.15) is 0 Å². The molecule has 0 aromatic heterocycles. The summed E-state index contributed by atoms with van der Waals surface area (Å²) in [4.78, 5) is 4.83. The molecule has 0 saturated carbocycles. The molecule has 0 radical (unpaired) electrons. The Labute approximate surface area is 89.9 Å². The van der Waals surface area contributed by atoms with Gasteiger partial charge in [-0.15, -0.1) is 0 Å². The highest BCUT2D eigenvalue weighted by Crippen LogP contribution is 2.33. The molecular weight excluding hydrogens is 188 g/mol. The van der Waals surface area contributed by atoms with Crippen molar-refractivity contribution >= 4 is 5.69 Å². The number of fused-ring (bicyclic) bond motifs is 2. The van der Waals surface area contributed by atoms with E-state index in [0.29, 0.717) is 17.8 Å². The molecule has 3 heteroatoms. The summed E-state index contributed by atoms with van der Waals surface area (Å²) < 4.78 is 0. The molecule has 3 aliphatic heterocycles. The van der Waals surface area contributed by atoms with E-state index in [9.17, 15) is 5.11 Å². The molecule has 0 aliphatic carbocycles. The molecule has 2 atom stereocenters. The second-order valence-corrected chi connectivity index (χ2v) is 4.63. The van der Waals surface area contributed by atoms with Crippen molar-refractivity contribution in [2.24, 2.45) is 0 Å². The molecule has 3 saturated heterocycles. The molecule has 2 bridgehead atoms. The Hall–Kier alpha value is -1.22. The van der Waals surface area contributed by atoms with Crippen LogP contribution in [-0.2, 0) is 0 Å². The van der Waals surface area contributed by atoms with Crippen LogP contribution < -0.4 is 4.90 Å². The average Bonchev–Trinajstić information content (AvgIpc) is 2.28. The van der Waals surface area contributed by atoms with Gasteiger partial charge in [0.2, 0.25) is 0 Å². The Bertz CT molecular complexity index is 368. The standard InChI is InChI=1S/C12H16N2O/c1-13-10-5-11(13)8-14(7-10)9-3-2-4-12(15)6-9/h2-4,6,10-11,15H,5,7-8H2,1H3. The third kappa shape index (κ3) is 1.38. The Morgan fingerprint density at radius 1 is 1.27 bits per heavy atom. The fourth-order valence-corrected chi connectivity index (χ4v) is 2.70. The van der Waals surface area contributed by atoms with E-state index in [1.165, 1.54) is 6.42 Å². The van der Waals surface area contributed by atoms with Gasteiger partial charge in [-0.3, -0.25) is 4.90 Å². The largest absolute Gasteiger partial charge is 0.508 e. The average molecular weight is 204 g/mol. The number of rotatable bonds is 1. The first kappa shape index (κ1) is 9.04. The lowest BCUT2D eigenvalue weighted by Crippen LogP contribution is -2.67. The third-order valence-corrected chi connectivity index (χ3v) is 3.75. The number of phenolic OH excluding ortho intramolecular Hbond substituents is 1. The Morgan fingerprint density at radius 2 is 2.00 bits per heavy atom. The van der Waals surface area contributed by atoms with Gasteiger partial charge in [-0.1, -0.05) is 6.07 Å². The summed E-state index contributed by atoms with van der Waals surface area (Å²) in [6, 6.07) is 8.99. The number of benzene rings is 1. The molecule has 3 nitrogen and oxygen atoms in total. The van der Waals surface area contributed by atoms with Gasteiger partial charge < -0.3 is 10.0 Å². The SMILES string of the molecule is CN1C2CC1CN(c1cccc(O)c1)C2.